The number of imide groups is 1. The smallest absolute Gasteiger partial charge is 0.421 e. The van der Waals surface area contributed by atoms with Crippen LogP contribution < -0.4 is 4.90 Å². The Balaban J connectivity index is 2.03. The van der Waals surface area contributed by atoms with Crippen LogP contribution in [-0.4, -0.2) is 30.8 Å². The van der Waals surface area contributed by atoms with Crippen molar-refractivity contribution in [2.24, 2.45) is 0 Å². The first kappa shape index (κ1) is 14.0. The Hall–Kier alpha value is -1.92. The third kappa shape index (κ3) is 2.11. The van der Waals surface area contributed by atoms with Gasteiger partial charge in [0.2, 0.25) is 0 Å². The van der Waals surface area contributed by atoms with Gasteiger partial charge in [-0.15, -0.1) is 0 Å². The lowest BCUT2D eigenvalue weighted by molar-refractivity contribution is -0.180. The number of ether oxygens (including phenoxy) is 3. The second-order valence-corrected chi connectivity index (χ2v) is 5.95. The average Bonchev–Trinajstić information content (AvgIpc) is 2.95. The van der Waals surface area contributed by atoms with Crippen LogP contribution >= 0.6 is 0 Å². The Morgan fingerprint density at radius 1 is 1.24 bits per heavy atom. The third-order valence-corrected chi connectivity index (χ3v) is 3.25. The molecule has 0 unspecified atom stereocenters. The van der Waals surface area contributed by atoms with Crippen LogP contribution in [0.15, 0.2) is 24.3 Å². The van der Waals surface area contributed by atoms with Crippen molar-refractivity contribution in [2.75, 3.05) is 18.1 Å². The molecule has 2 aliphatic heterocycles. The first-order valence-electron chi connectivity index (χ1n) is 6.80. The van der Waals surface area contributed by atoms with Gasteiger partial charge in [-0.1, -0.05) is 18.2 Å². The van der Waals surface area contributed by atoms with E-state index in [-0.39, 0.29) is 0 Å². The molecule has 0 aliphatic carbocycles. The number of carbonyl (C=O) groups excluding carboxylic acids is 2. The molecule has 6 nitrogen and oxygen atoms in total. The molecule has 6 heteroatoms. The number of hydrogen-bond acceptors (Lipinski definition) is 5. The van der Waals surface area contributed by atoms with Crippen molar-refractivity contribution >= 4 is 17.7 Å². The Kier molecular flexibility index (Phi) is 3.04. The van der Waals surface area contributed by atoms with E-state index < -0.39 is 23.4 Å². The molecule has 0 aromatic heterocycles. The van der Waals surface area contributed by atoms with Crippen molar-refractivity contribution in [1.29, 1.82) is 0 Å². The van der Waals surface area contributed by atoms with Crippen molar-refractivity contribution in [2.45, 2.75) is 32.2 Å². The van der Waals surface area contributed by atoms with Gasteiger partial charge in [-0.05, 0) is 26.8 Å². The summed E-state index contributed by atoms with van der Waals surface area (Å²) in [5.74, 6) is -2.07. The lowest BCUT2D eigenvalue weighted by Gasteiger charge is -2.25. The van der Waals surface area contributed by atoms with E-state index in [1.54, 1.807) is 45.0 Å². The van der Waals surface area contributed by atoms with Crippen molar-refractivity contribution in [3.8, 4) is 0 Å². The summed E-state index contributed by atoms with van der Waals surface area (Å²) in [4.78, 5) is 26.0. The van der Waals surface area contributed by atoms with Crippen molar-refractivity contribution in [1.82, 2.24) is 0 Å². The minimum atomic E-state index is -1.51. The van der Waals surface area contributed by atoms with Gasteiger partial charge in [0.25, 0.3) is 5.79 Å². The number of amides is 2. The van der Waals surface area contributed by atoms with Crippen LogP contribution in [0.2, 0.25) is 0 Å². The number of carbonyl (C=O) groups is 2. The maximum Gasteiger partial charge on any atom is 0.421 e. The standard InChI is InChI=1S/C15H17NO5/c1-14(2,3)21-13(18)16-11-7-5-4-6-10(11)15(12(16)17)19-8-9-20-15/h4-7H,8-9H2,1-3H3. The summed E-state index contributed by atoms with van der Waals surface area (Å²) in [6, 6.07) is 6.93. The van der Waals surface area contributed by atoms with Crippen LogP contribution in [0.1, 0.15) is 26.3 Å². The molecule has 21 heavy (non-hydrogen) atoms. The molecule has 1 aromatic rings. The second-order valence-electron chi connectivity index (χ2n) is 5.95. The van der Waals surface area contributed by atoms with Crippen LogP contribution in [0.4, 0.5) is 10.5 Å². The Bertz CT molecular complexity index is 598. The zero-order chi connectivity index (χ0) is 15.3. The summed E-state index contributed by atoms with van der Waals surface area (Å²) in [5, 5.41) is 0. The fraction of sp³-hybridized carbons (Fsp3) is 0.467. The zero-order valence-electron chi connectivity index (χ0n) is 12.2. The van der Waals surface area contributed by atoms with E-state index in [2.05, 4.69) is 0 Å². The van der Waals surface area contributed by atoms with Crippen molar-refractivity contribution < 1.29 is 23.8 Å². The fourth-order valence-electron chi connectivity index (χ4n) is 2.50. The zero-order valence-corrected chi connectivity index (χ0v) is 12.2. The molecule has 0 saturated carbocycles. The number of fused-ring (bicyclic) bond motifs is 2. The van der Waals surface area contributed by atoms with Crippen LogP contribution in [0, 0.1) is 0 Å². The Morgan fingerprint density at radius 2 is 1.86 bits per heavy atom. The summed E-state index contributed by atoms with van der Waals surface area (Å²) in [5.41, 5.74) is 0.288. The summed E-state index contributed by atoms with van der Waals surface area (Å²) in [7, 11) is 0. The van der Waals surface area contributed by atoms with Gasteiger partial charge in [0.15, 0.2) is 0 Å². The highest BCUT2D eigenvalue weighted by Crippen LogP contribution is 2.45. The minimum absolute atomic E-state index is 0.308. The number of para-hydroxylation sites is 1. The normalized spacial score (nSPS) is 20.0. The molecule has 0 radical (unpaired) electrons. The number of rotatable bonds is 0. The highest BCUT2D eigenvalue weighted by molar-refractivity contribution is 6.20. The molecule has 1 fully saturated rings. The molecule has 1 aromatic carbocycles. The van der Waals surface area contributed by atoms with Gasteiger partial charge in [-0.25, -0.2) is 9.69 Å². The van der Waals surface area contributed by atoms with Crippen LogP contribution in [-0.2, 0) is 24.8 Å². The lowest BCUT2D eigenvalue weighted by atomic mass is 10.1. The van der Waals surface area contributed by atoms with Gasteiger partial charge < -0.3 is 14.2 Å². The maximum atomic E-state index is 12.7. The van der Waals surface area contributed by atoms with Gasteiger partial charge in [0.1, 0.15) is 5.60 Å². The molecular weight excluding hydrogens is 274 g/mol. The maximum absolute atomic E-state index is 12.7. The second kappa shape index (κ2) is 4.54. The molecular formula is C15H17NO5. The first-order valence-corrected chi connectivity index (χ1v) is 6.80. The van der Waals surface area contributed by atoms with Crippen LogP contribution in [0.5, 0.6) is 0 Å². The average molecular weight is 291 g/mol. The van der Waals surface area contributed by atoms with Gasteiger partial charge in [0, 0.05) is 5.56 Å². The van der Waals surface area contributed by atoms with E-state index in [9.17, 15) is 9.59 Å². The minimum Gasteiger partial charge on any atom is -0.443 e. The quantitative estimate of drug-likeness (QED) is 0.733. The van der Waals surface area contributed by atoms with Gasteiger partial charge in [-0.3, -0.25) is 4.79 Å². The topological polar surface area (TPSA) is 65.1 Å². The molecule has 1 spiro atoms. The molecule has 0 atom stereocenters. The highest BCUT2D eigenvalue weighted by atomic mass is 16.7. The predicted octanol–water partition coefficient (Wildman–Crippen LogP) is 2.17. The number of benzene rings is 1. The van der Waals surface area contributed by atoms with Gasteiger partial charge >= 0.3 is 12.0 Å². The SMILES string of the molecule is CC(C)(C)OC(=O)N1C(=O)C2(OCCO2)c2ccccc21. The summed E-state index contributed by atoms with van der Waals surface area (Å²) in [6.45, 7) is 5.85. The monoisotopic (exact) mass is 291 g/mol. The van der Waals surface area contributed by atoms with Gasteiger partial charge in [-0.2, -0.15) is 0 Å². The largest absolute Gasteiger partial charge is 0.443 e. The third-order valence-electron chi connectivity index (χ3n) is 3.25. The predicted molar refractivity (Wildman–Crippen MR) is 73.7 cm³/mol. The Labute approximate surface area is 122 Å². The number of hydrogen-bond donors (Lipinski definition) is 0. The molecule has 2 amide bonds. The highest BCUT2D eigenvalue weighted by Gasteiger charge is 2.58. The molecule has 0 N–H and O–H groups in total. The fourth-order valence-corrected chi connectivity index (χ4v) is 2.50. The summed E-state index contributed by atoms with van der Waals surface area (Å²) >= 11 is 0. The molecule has 2 heterocycles. The van der Waals surface area contributed by atoms with E-state index in [0.717, 1.165) is 4.90 Å². The van der Waals surface area contributed by atoms with E-state index in [1.165, 1.54) is 0 Å². The van der Waals surface area contributed by atoms with Crippen LogP contribution in [0.3, 0.4) is 0 Å². The van der Waals surface area contributed by atoms with E-state index >= 15 is 0 Å². The molecule has 1 saturated heterocycles. The first-order chi connectivity index (χ1) is 9.85. The molecule has 2 aliphatic rings. The van der Waals surface area contributed by atoms with E-state index in [1.807, 2.05) is 0 Å². The van der Waals surface area contributed by atoms with Gasteiger partial charge in [0.05, 0.1) is 18.9 Å². The summed E-state index contributed by atoms with van der Waals surface area (Å²) in [6.07, 6.45) is -0.726. The lowest BCUT2D eigenvalue weighted by Crippen LogP contribution is -2.45. The molecule has 112 valence electrons. The Morgan fingerprint density at radius 3 is 2.48 bits per heavy atom. The van der Waals surface area contributed by atoms with Crippen molar-refractivity contribution in [3.05, 3.63) is 29.8 Å². The number of nitrogens with zero attached hydrogens (tertiary/aromatic N) is 1. The van der Waals surface area contributed by atoms with E-state index in [0.29, 0.717) is 24.5 Å². The molecule has 3 rings (SSSR count). The summed E-state index contributed by atoms with van der Waals surface area (Å²) < 4.78 is 16.4. The van der Waals surface area contributed by atoms with Crippen molar-refractivity contribution in [3.63, 3.8) is 0 Å². The molecule has 0 bridgehead atoms. The number of anilines is 1. The van der Waals surface area contributed by atoms with E-state index in [4.69, 9.17) is 14.2 Å². The van der Waals surface area contributed by atoms with Crippen LogP contribution in [0.25, 0.3) is 0 Å².